The Kier molecular flexibility index (Phi) is 4.54. The predicted octanol–water partition coefficient (Wildman–Crippen LogP) is 3.26. The molecule has 2 rings (SSSR count). The second-order valence-electron chi connectivity index (χ2n) is 4.21. The van der Waals surface area contributed by atoms with Crippen LogP contribution in [0.3, 0.4) is 0 Å². The van der Waals surface area contributed by atoms with Crippen LogP contribution in [0, 0.1) is 10.5 Å². The van der Waals surface area contributed by atoms with Crippen LogP contribution in [0.5, 0.6) is 5.75 Å². The normalized spacial score (nSPS) is 10.6. The molecule has 0 aliphatic carbocycles. The van der Waals surface area contributed by atoms with E-state index >= 15 is 0 Å². The van der Waals surface area contributed by atoms with Crippen molar-refractivity contribution in [2.24, 2.45) is 7.05 Å². The molecule has 0 aliphatic rings. The maximum atomic E-state index is 11.2. The number of carboxylic acids is 1. The highest BCUT2D eigenvalue weighted by molar-refractivity contribution is 14.1. The van der Waals surface area contributed by atoms with Crippen molar-refractivity contribution in [3.05, 3.63) is 43.7 Å². The van der Waals surface area contributed by atoms with Gasteiger partial charge < -0.3 is 9.84 Å². The molecular weight excluding hydrogens is 395 g/mol. The molecule has 1 aromatic heterocycles. The fraction of sp³-hybridized carbons (Fsp3) is 0.231. The van der Waals surface area contributed by atoms with Crippen molar-refractivity contribution in [3.63, 3.8) is 0 Å². The molecule has 0 amide bonds. The minimum Gasteiger partial charge on any atom is -0.488 e. The zero-order valence-corrected chi connectivity index (χ0v) is 13.8. The molecule has 5 nitrogen and oxygen atoms in total. The summed E-state index contributed by atoms with van der Waals surface area (Å²) in [4.78, 5) is 11.2. The van der Waals surface area contributed by atoms with Gasteiger partial charge in [0.25, 0.3) is 0 Å². The lowest BCUT2D eigenvalue weighted by atomic mass is 10.2. The molecule has 20 heavy (non-hydrogen) atoms. The summed E-state index contributed by atoms with van der Waals surface area (Å²) in [6.45, 7) is 2.01. The molecule has 0 bridgehead atoms. The summed E-state index contributed by atoms with van der Waals surface area (Å²) < 4.78 is 7.99. The molecule has 1 N–H and O–H groups in total. The van der Waals surface area contributed by atoms with E-state index in [0.717, 1.165) is 14.8 Å². The van der Waals surface area contributed by atoms with Crippen LogP contribution in [-0.2, 0) is 13.7 Å². The molecular formula is C13H12ClIN2O3. The second kappa shape index (κ2) is 6.01. The van der Waals surface area contributed by atoms with E-state index in [-0.39, 0.29) is 12.2 Å². The van der Waals surface area contributed by atoms with Crippen molar-refractivity contribution in [1.29, 1.82) is 0 Å². The van der Waals surface area contributed by atoms with Gasteiger partial charge in [0, 0.05) is 16.2 Å². The van der Waals surface area contributed by atoms with Crippen LogP contribution in [0.25, 0.3) is 0 Å². The van der Waals surface area contributed by atoms with Crippen molar-refractivity contribution < 1.29 is 14.6 Å². The summed E-state index contributed by atoms with van der Waals surface area (Å²) in [6, 6.07) is 5.00. The predicted molar refractivity (Wildman–Crippen MR) is 83.4 cm³/mol. The SMILES string of the molecule is Cc1nn(C)c(Cl)c1COc1ccc(I)cc1C(=O)O. The third kappa shape index (κ3) is 3.06. The molecule has 7 heteroatoms. The Labute approximate surface area is 134 Å². The topological polar surface area (TPSA) is 64.4 Å². The van der Waals surface area contributed by atoms with Crippen LogP contribution in [0.15, 0.2) is 18.2 Å². The number of aryl methyl sites for hydroxylation is 2. The summed E-state index contributed by atoms with van der Waals surface area (Å²) in [7, 11) is 1.74. The van der Waals surface area contributed by atoms with E-state index in [1.54, 1.807) is 29.9 Å². The van der Waals surface area contributed by atoms with Crippen molar-refractivity contribution in [2.75, 3.05) is 0 Å². The average molecular weight is 407 g/mol. The number of nitrogens with zero attached hydrogens (tertiary/aromatic N) is 2. The smallest absolute Gasteiger partial charge is 0.339 e. The number of carboxylic acid groups (broad SMARTS) is 1. The Hall–Kier alpha value is -1.28. The van der Waals surface area contributed by atoms with E-state index in [2.05, 4.69) is 27.7 Å². The number of benzene rings is 1. The van der Waals surface area contributed by atoms with Gasteiger partial charge in [-0.05, 0) is 47.7 Å². The van der Waals surface area contributed by atoms with E-state index in [0.29, 0.717) is 10.9 Å². The molecule has 0 fully saturated rings. The van der Waals surface area contributed by atoms with E-state index in [9.17, 15) is 9.90 Å². The van der Waals surface area contributed by atoms with Crippen LogP contribution in [0.1, 0.15) is 21.6 Å². The first-order valence-corrected chi connectivity index (χ1v) is 7.19. The molecule has 0 saturated heterocycles. The molecule has 1 heterocycles. The number of rotatable bonds is 4. The molecule has 1 aromatic carbocycles. The molecule has 0 radical (unpaired) electrons. The Morgan fingerprint density at radius 2 is 2.25 bits per heavy atom. The van der Waals surface area contributed by atoms with E-state index < -0.39 is 5.97 Å². The zero-order chi connectivity index (χ0) is 14.9. The van der Waals surface area contributed by atoms with Gasteiger partial charge in [-0.25, -0.2) is 4.79 Å². The highest BCUT2D eigenvalue weighted by atomic mass is 127. The van der Waals surface area contributed by atoms with Crippen molar-refractivity contribution in [1.82, 2.24) is 9.78 Å². The lowest BCUT2D eigenvalue weighted by Gasteiger charge is -2.09. The van der Waals surface area contributed by atoms with Crippen LogP contribution in [0.2, 0.25) is 5.15 Å². The summed E-state index contributed by atoms with van der Waals surface area (Å²) >= 11 is 8.17. The van der Waals surface area contributed by atoms with Gasteiger partial charge in [0.05, 0.1) is 5.69 Å². The highest BCUT2D eigenvalue weighted by Crippen LogP contribution is 2.25. The number of aromatic carboxylic acids is 1. The van der Waals surface area contributed by atoms with Crippen LogP contribution in [0.4, 0.5) is 0 Å². The van der Waals surface area contributed by atoms with Crippen molar-refractivity contribution in [3.8, 4) is 5.75 Å². The van der Waals surface area contributed by atoms with E-state index in [1.165, 1.54) is 0 Å². The molecule has 0 saturated carbocycles. The van der Waals surface area contributed by atoms with Crippen LogP contribution >= 0.6 is 34.2 Å². The fourth-order valence-electron chi connectivity index (χ4n) is 1.78. The Morgan fingerprint density at radius 3 is 2.80 bits per heavy atom. The Morgan fingerprint density at radius 1 is 1.55 bits per heavy atom. The number of ether oxygens (including phenoxy) is 1. The van der Waals surface area contributed by atoms with Gasteiger partial charge in [-0.2, -0.15) is 5.10 Å². The summed E-state index contributed by atoms with van der Waals surface area (Å²) in [5.41, 5.74) is 1.65. The first kappa shape index (κ1) is 15.1. The number of carbonyl (C=O) groups is 1. The quantitative estimate of drug-likeness (QED) is 0.792. The van der Waals surface area contributed by atoms with Gasteiger partial charge in [0.2, 0.25) is 0 Å². The molecule has 0 unspecified atom stereocenters. The van der Waals surface area contributed by atoms with Gasteiger partial charge in [-0.15, -0.1) is 0 Å². The number of aromatic nitrogens is 2. The molecule has 0 spiro atoms. The third-order valence-electron chi connectivity index (χ3n) is 2.81. The highest BCUT2D eigenvalue weighted by Gasteiger charge is 2.15. The fourth-order valence-corrected chi connectivity index (χ4v) is 2.50. The average Bonchev–Trinajstić information content (AvgIpc) is 2.62. The Balaban J connectivity index is 2.25. The standard InChI is InChI=1S/C13H12ClIN2O3/c1-7-10(12(14)17(2)16-7)6-20-11-4-3-8(15)5-9(11)13(18)19/h3-5H,6H2,1-2H3,(H,18,19). The van der Waals surface area contributed by atoms with Gasteiger partial charge in [-0.1, -0.05) is 11.6 Å². The molecule has 2 aromatic rings. The minimum absolute atomic E-state index is 0.134. The van der Waals surface area contributed by atoms with Crippen LogP contribution < -0.4 is 4.74 Å². The van der Waals surface area contributed by atoms with Gasteiger partial charge in [0.1, 0.15) is 23.1 Å². The largest absolute Gasteiger partial charge is 0.488 e. The summed E-state index contributed by atoms with van der Waals surface area (Å²) in [5.74, 6) is -0.704. The van der Waals surface area contributed by atoms with Crippen LogP contribution in [-0.4, -0.2) is 20.9 Å². The van der Waals surface area contributed by atoms with Gasteiger partial charge in [-0.3, -0.25) is 4.68 Å². The zero-order valence-electron chi connectivity index (χ0n) is 10.9. The van der Waals surface area contributed by atoms with E-state index in [4.69, 9.17) is 16.3 Å². The summed E-state index contributed by atoms with van der Waals surface area (Å²) in [5, 5.41) is 13.8. The van der Waals surface area contributed by atoms with E-state index in [1.807, 2.05) is 6.92 Å². The first-order valence-electron chi connectivity index (χ1n) is 5.73. The van der Waals surface area contributed by atoms with Crippen molar-refractivity contribution in [2.45, 2.75) is 13.5 Å². The van der Waals surface area contributed by atoms with Crippen molar-refractivity contribution >= 4 is 40.2 Å². The molecule has 0 atom stereocenters. The third-order valence-corrected chi connectivity index (χ3v) is 3.96. The minimum atomic E-state index is -1.02. The van der Waals surface area contributed by atoms with Gasteiger partial charge >= 0.3 is 5.97 Å². The maximum Gasteiger partial charge on any atom is 0.339 e. The Bertz CT molecular complexity index is 670. The molecule has 0 aliphatic heterocycles. The molecule has 106 valence electrons. The lowest BCUT2D eigenvalue weighted by molar-refractivity contribution is 0.0691. The maximum absolute atomic E-state index is 11.2. The number of hydrogen-bond donors (Lipinski definition) is 1. The number of hydrogen-bond acceptors (Lipinski definition) is 3. The summed E-state index contributed by atoms with van der Waals surface area (Å²) in [6.07, 6.45) is 0. The van der Waals surface area contributed by atoms with Gasteiger partial charge in [0.15, 0.2) is 0 Å². The first-order chi connectivity index (χ1) is 9.40. The lowest BCUT2D eigenvalue weighted by Crippen LogP contribution is -2.04. The monoisotopic (exact) mass is 406 g/mol. The second-order valence-corrected chi connectivity index (χ2v) is 5.82. The number of halogens is 2.